The second kappa shape index (κ2) is 29.7. The minimum Gasteiger partial charge on any atom is -0.506 e. The molecule has 10 unspecified atom stereocenters. The summed E-state index contributed by atoms with van der Waals surface area (Å²) in [6.45, 7) is 4.35. The number of aromatic hydroxyl groups is 1. The second-order valence-corrected chi connectivity index (χ2v) is 31.1. The lowest BCUT2D eigenvalue weighted by atomic mass is 9.85. The van der Waals surface area contributed by atoms with Gasteiger partial charge in [0.15, 0.2) is 18.1 Å². The highest BCUT2D eigenvalue weighted by molar-refractivity contribution is 7.89. The predicted molar refractivity (Wildman–Crippen MR) is 378 cm³/mol. The summed E-state index contributed by atoms with van der Waals surface area (Å²) < 4.78 is 61.9. The normalized spacial score (nSPS) is 23.4. The second-order valence-electron chi connectivity index (χ2n) is 25.2. The van der Waals surface area contributed by atoms with E-state index in [0.29, 0.717) is 22.3 Å². The van der Waals surface area contributed by atoms with Gasteiger partial charge in [-0.05, 0) is 83.6 Å². The van der Waals surface area contributed by atoms with Crippen molar-refractivity contribution in [1.29, 1.82) is 0 Å². The molecule has 0 radical (unpaired) electrons. The Balaban J connectivity index is 0.945. The molecule has 550 valence electrons. The number of nitrogens with two attached hydrogens (primary N) is 1. The molecule has 39 heteroatoms. The molecule has 0 saturated carbocycles. The van der Waals surface area contributed by atoms with Gasteiger partial charge in [0, 0.05) is 56.4 Å². The predicted octanol–water partition coefficient (Wildman–Crippen LogP) is 4.78. The number of hydrogen-bond donors (Lipinski definition) is 10. The molecule has 9 aromatic rings. The van der Waals surface area contributed by atoms with Gasteiger partial charge in [-0.1, -0.05) is 24.3 Å². The lowest BCUT2D eigenvalue weighted by Crippen LogP contribution is -2.62. The van der Waals surface area contributed by atoms with Crippen molar-refractivity contribution in [3.8, 4) is 38.4 Å². The highest BCUT2D eigenvalue weighted by Crippen LogP contribution is 2.43. The van der Waals surface area contributed by atoms with Gasteiger partial charge in [0.25, 0.3) is 23.6 Å². The maximum atomic E-state index is 15.2. The van der Waals surface area contributed by atoms with Crippen molar-refractivity contribution in [3.05, 3.63) is 141 Å². The zero-order chi connectivity index (χ0) is 74.7. The van der Waals surface area contributed by atoms with Crippen molar-refractivity contribution >= 4 is 125 Å². The fraction of sp³-hybridized carbons (Fsp3) is 0.348. The van der Waals surface area contributed by atoms with E-state index in [2.05, 4.69) is 41.5 Å². The molecule has 4 aliphatic heterocycles. The summed E-state index contributed by atoms with van der Waals surface area (Å²) in [6.07, 6.45) is -7.27. The number of nitrogens with zero attached hydrogens (tertiary/aromatic N) is 8. The van der Waals surface area contributed by atoms with Gasteiger partial charge in [0.2, 0.25) is 15.9 Å². The minimum atomic E-state index is -3.93. The fourth-order valence-electron chi connectivity index (χ4n) is 12.7. The van der Waals surface area contributed by atoms with Gasteiger partial charge in [-0.2, -0.15) is 4.73 Å². The van der Waals surface area contributed by atoms with Crippen molar-refractivity contribution in [2.75, 3.05) is 34.4 Å². The maximum Gasteiger partial charge on any atom is 0.358 e. The van der Waals surface area contributed by atoms with Crippen LogP contribution in [0.15, 0.2) is 86.1 Å². The first kappa shape index (κ1) is 73.7. The quantitative estimate of drug-likeness (QED) is 0.0473. The van der Waals surface area contributed by atoms with Gasteiger partial charge in [0.1, 0.15) is 120 Å². The number of aliphatic hydroxyl groups is 2. The molecule has 33 nitrogen and oxygen atoms in total. The molecule has 1 saturated heterocycles. The van der Waals surface area contributed by atoms with E-state index in [4.69, 9.17) is 48.5 Å². The number of aromatic nitrogens is 7. The van der Waals surface area contributed by atoms with Crippen LogP contribution >= 0.6 is 56.7 Å². The molecule has 105 heavy (non-hydrogen) atoms. The fourth-order valence-corrected chi connectivity index (χ4v) is 17.4. The minimum absolute atomic E-state index is 0.00518. The number of carbonyl (C=O) groups is 7. The molecule has 0 spiro atoms. The summed E-state index contributed by atoms with van der Waals surface area (Å²) in [4.78, 5) is 133. The summed E-state index contributed by atoms with van der Waals surface area (Å²) in [7, 11) is 0.912. The van der Waals surface area contributed by atoms with Crippen LogP contribution in [0.25, 0.3) is 49.3 Å². The molecule has 4 aliphatic rings. The van der Waals surface area contributed by atoms with Crippen LogP contribution in [-0.4, -0.2) is 193 Å². The van der Waals surface area contributed by atoms with E-state index in [1.54, 1.807) is 57.1 Å². The highest BCUT2D eigenvalue weighted by Gasteiger charge is 2.50. The van der Waals surface area contributed by atoms with Gasteiger partial charge in [0.05, 0.1) is 48.0 Å². The van der Waals surface area contributed by atoms with E-state index in [1.165, 1.54) is 72.1 Å². The first-order valence-electron chi connectivity index (χ1n) is 32.1. The molecule has 5 amide bonds. The number of allylic oxidation sites excluding steroid dienone is 1. The Labute approximate surface area is 616 Å². The van der Waals surface area contributed by atoms with E-state index in [1.807, 2.05) is 0 Å². The third kappa shape index (κ3) is 15.0. The van der Waals surface area contributed by atoms with Gasteiger partial charge in [-0.3, -0.25) is 24.0 Å². The molecule has 0 aliphatic carbocycles. The number of likely N-dealkylation sites (N-methyl/N-ethyl adjacent to an activating group) is 1. The topological polar surface area (TPSA) is 462 Å². The zero-order valence-corrected chi connectivity index (χ0v) is 61.4. The molecule has 11 heterocycles. The van der Waals surface area contributed by atoms with Gasteiger partial charge < -0.3 is 80.4 Å². The number of primary sulfonamides is 1. The van der Waals surface area contributed by atoms with Gasteiger partial charge >= 0.3 is 11.9 Å². The molecular weight excluding hydrogens is 1490 g/mol. The molecular formula is C66H66N14O19S6. The van der Waals surface area contributed by atoms with Crippen LogP contribution in [0.5, 0.6) is 5.75 Å². The Bertz CT molecular complexity index is 5080. The number of hydrogen-bond acceptors (Lipinski definition) is 31. The summed E-state index contributed by atoms with van der Waals surface area (Å²) in [6, 6.07) is 6.51. The number of thiazole rings is 5. The van der Waals surface area contributed by atoms with E-state index in [0.717, 1.165) is 56.7 Å². The van der Waals surface area contributed by atoms with Crippen molar-refractivity contribution in [2.24, 2.45) is 5.14 Å². The largest absolute Gasteiger partial charge is 0.506 e. The molecule has 1 fully saturated rings. The van der Waals surface area contributed by atoms with Crippen LogP contribution in [0.1, 0.15) is 130 Å². The lowest BCUT2D eigenvalue weighted by Gasteiger charge is -2.48. The number of rotatable bonds is 11. The molecule has 7 aromatic heterocycles. The number of esters is 2. The average molecular weight is 1550 g/mol. The maximum absolute atomic E-state index is 15.2. The highest BCUT2D eigenvalue weighted by atomic mass is 32.2. The van der Waals surface area contributed by atoms with Crippen LogP contribution in [0.4, 0.5) is 0 Å². The Morgan fingerprint density at radius 1 is 0.838 bits per heavy atom. The van der Waals surface area contributed by atoms with Crippen LogP contribution in [0.2, 0.25) is 0 Å². The number of amides is 5. The first-order chi connectivity index (χ1) is 50.0. The summed E-state index contributed by atoms with van der Waals surface area (Å²) in [5.41, 5.74) is -1.89. The lowest BCUT2D eigenvalue weighted by molar-refractivity contribution is -0.280. The molecule has 13 rings (SSSR count). The molecule has 2 aromatic carbocycles. The van der Waals surface area contributed by atoms with E-state index < -0.39 is 143 Å². The van der Waals surface area contributed by atoms with Crippen molar-refractivity contribution in [2.45, 2.75) is 119 Å². The van der Waals surface area contributed by atoms with Gasteiger partial charge in [-0.25, -0.2) is 53.0 Å². The van der Waals surface area contributed by atoms with Crippen LogP contribution in [-0.2, 0) is 67.7 Å². The van der Waals surface area contributed by atoms with Crippen molar-refractivity contribution in [1.82, 2.24) is 66.1 Å². The number of pyridine rings is 1. The smallest absolute Gasteiger partial charge is 0.358 e. The summed E-state index contributed by atoms with van der Waals surface area (Å²) >= 11 is 4.57. The third-order valence-electron chi connectivity index (χ3n) is 17.7. The average Bonchev–Trinajstić information content (AvgIpc) is 1.66. The Kier molecular flexibility index (Phi) is 20.9. The molecule has 11 N–H and O–H groups in total. The van der Waals surface area contributed by atoms with Crippen molar-refractivity contribution in [3.63, 3.8) is 0 Å². The van der Waals surface area contributed by atoms with Gasteiger partial charge in [-0.15, -0.1) is 56.7 Å². The van der Waals surface area contributed by atoms with Crippen molar-refractivity contribution < 1.29 is 90.9 Å². The number of nitrogens with one attached hydrogen (secondary N) is 5. The standard InChI is InChI=1S/C66H66N14O19S6/c1-27(81)45-58(87)77-46(28(2)94-7)61-73-40(26-102-61)57(86)78-49-51-52(99-43-18-66(4,90)53(79(5)6)29(3)98-43)65(89)96-19-31-9-8-10-41-44(31)34(20-95-51)50(80(41)91)64(88)97-21-35(69-55(84)38-25-104-63(49)74-38)60-70-36(22-101-60)47-33(59-71-39(24-100-59)56(85)76-45)17-42(82)48(75-47)62-72-37(23-103-62)54(83)68-16-15-30-11-13-32(14-12-30)105(67,92)93/h8-14,17,22-27,29,35,43,45,49,51-53,81-82,90-91H,15-16,18-21H2,1-7H3,(H,68,83)(H,69,84)(H,76,85)(H,77,87)(H,78,86)(H2,67,92,93)/b46-28+. The summed E-state index contributed by atoms with van der Waals surface area (Å²) in [5.74, 6) is -6.96. The molecule has 12 bridgehead atoms. The SMILES string of the molecule is CO/C(C)=C1/NC(=O)C(C(C)O)NC(=O)c2csc(n2)-c2cc(O)c(-c3nc(C(=O)NCCc4ccc(S(N)(=O)=O)cc4)cs3)nc2-c2csc(n2)C2COC(=O)c3c4c5c(cccc5n3O)COC(=O)C(OC3CC(C)(O)C(N(C)C)C(C)O3)C(OC4)C(NC(=O)c3csc1n3)c1nc(cs1)C(=O)N2. The number of carbonyl (C=O) groups excluding carboxylic acids is 7. The number of aliphatic hydroxyl groups excluding tert-OH is 1. The number of methoxy groups -OCH3 is 1. The van der Waals surface area contributed by atoms with E-state index in [9.17, 15) is 43.3 Å². The molecule has 10 atom stereocenters. The monoisotopic (exact) mass is 1550 g/mol. The van der Waals surface area contributed by atoms with E-state index in [-0.39, 0.29) is 116 Å². The number of benzene rings is 2. The number of sulfonamides is 1. The Morgan fingerprint density at radius 2 is 1.50 bits per heavy atom. The summed E-state index contributed by atoms with van der Waals surface area (Å²) in [5, 5.41) is 73.7. The third-order valence-corrected chi connectivity index (χ3v) is 23.1. The van der Waals surface area contributed by atoms with E-state index >= 15 is 19.2 Å². The number of fused-ring (bicyclic) bond motifs is 15. The number of ether oxygens (including phenoxy) is 6. The first-order valence-corrected chi connectivity index (χ1v) is 38.1. The Hall–Kier alpha value is -9.62. The van der Waals surface area contributed by atoms with Crippen LogP contribution in [0, 0.1) is 0 Å². The zero-order valence-electron chi connectivity index (χ0n) is 56.5. The number of cyclic esters (lactones) is 2. The van der Waals surface area contributed by atoms with Crippen LogP contribution in [0.3, 0.4) is 0 Å². The Morgan fingerprint density at radius 3 is 2.22 bits per heavy atom. The van der Waals surface area contributed by atoms with Crippen LogP contribution < -0.4 is 31.7 Å².